The molecule has 7 heteroatoms. The largest absolute Gasteiger partial charge is 0.494 e. The number of aliphatic imine (C=N–C) groups is 1. The van der Waals surface area contributed by atoms with Crippen LogP contribution in [0.25, 0.3) is 0 Å². The molecule has 192 valence electrons. The highest BCUT2D eigenvalue weighted by Gasteiger charge is 2.53. The molecule has 37 heavy (non-hydrogen) atoms. The summed E-state index contributed by atoms with van der Waals surface area (Å²) in [4.78, 5) is 19.0. The summed E-state index contributed by atoms with van der Waals surface area (Å²) < 4.78 is 12.2. The highest BCUT2D eigenvalue weighted by molar-refractivity contribution is 6.01. The molecule has 7 nitrogen and oxygen atoms in total. The van der Waals surface area contributed by atoms with E-state index in [4.69, 9.17) is 19.6 Å². The second-order valence-electron chi connectivity index (χ2n) is 9.64. The van der Waals surface area contributed by atoms with E-state index in [0.717, 1.165) is 23.2 Å². The van der Waals surface area contributed by atoms with Crippen LogP contribution < -0.4 is 15.6 Å². The van der Waals surface area contributed by atoms with Crippen LogP contribution in [0.1, 0.15) is 42.1 Å². The molecule has 1 amide bonds. The third-order valence-electron chi connectivity index (χ3n) is 6.74. The predicted molar refractivity (Wildman–Crippen MR) is 142 cm³/mol. The number of ether oxygens (including phenoxy) is 2. The summed E-state index contributed by atoms with van der Waals surface area (Å²) in [6.07, 6.45) is 2.73. The molecule has 0 radical (unpaired) electrons. The molecule has 2 aliphatic rings. The van der Waals surface area contributed by atoms with E-state index >= 15 is 0 Å². The average Bonchev–Trinajstić information content (AvgIpc) is 3.69. The summed E-state index contributed by atoms with van der Waals surface area (Å²) in [5.74, 6) is 1.52. The van der Waals surface area contributed by atoms with Gasteiger partial charge in [0.15, 0.2) is 11.6 Å². The van der Waals surface area contributed by atoms with Crippen molar-refractivity contribution in [2.45, 2.75) is 37.3 Å². The number of aliphatic hydroxyl groups excluding tert-OH is 1. The molecule has 1 heterocycles. The molecular formula is C30H33N3O4. The fraction of sp³-hybridized carbons (Fsp3) is 0.333. The van der Waals surface area contributed by atoms with Crippen molar-refractivity contribution in [1.29, 1.82) is 0 Å². The lowest BCUT2D eigenvalue weighted by molar-refractivity contribution is -0.130. The highest BCUT2D eigenvalue weighted by atomic mass is 16.5. The quantitative estimate of drug-likeness (QED) is 0.259. The van der Waals surface area contributed by atoms with Gasteiger partial charge in [-0.1, -0.05) is 60.7 Å². The second-order valence-corrected chi connectivity index (χ2v) is 9.64. The Morgan fingerprint density at radius 1 is 1.00 bits per heavy atom. The van der Waals surface area contributed by atoms with E-state index in [-0.39, 0.29) is 12.5 Å². The Labute approximate surface area is 217 Å². The lowest BCUT2D eigenvalue weighted by Crippen LogP contribution is -2.54. The van der Waals surface area contributed by atoms with Gasteiger partial charge in [-0.05, 0) is 54.2 Å². The summed E-state index contributed by atoms with van der Waals surface area (Å²) in [7, 11) is 0. The Morgan fingerprint density at radius 3 is 2.38 bits per heavy atom. The van der Waals surface area contributed by atoms with Crippen molar-refractivity contribution in [1.82, 2.24) is 10.9 Å². The summed E-state index contributed by atoms with van der Waals surface area (Å²) in [5, 5.41) is 8.99. The van der Waals surface area contributed by atoms with Crippen molar-refractivity contribution >= 4 is 11.8 Å². The number of rotatable bonds is 12. The van der Waals surface area contributed by atoms with Crippen LogP contribution in [0.15, 0.2) is 89.9 Å². The van der Waals surface area contributed by atoms with E-state index in [1.807, 2.05) is 84.9 Å². The van der Waals surface area contributed by atoms with Crippen molar-refractivity contribution in [2.24, 2.45) is 10.9 Å². The number of amides is 1. The third-order valence-corrected chi connectivity index (χ3v) is 6.74. The zero-order valence-electron chi connectivity index (χ0n) is 20.8. The monoisotopic (exact) mass is 499 g/mol. The summed E-state index contributed by atoms with van der Waals surface area (Å²) >= 11 is 0. The van der Waals surface area contributed by atoms with Crippen LogP contribution in [-0.2, 0) is 16.0 Å². The Kier molecular flexibility index (Phi) is 7.82. The maximum atomic E-state index is 13.9. The topological polar surface area (TPSA) is 92.2 Å². The number of hydrogen-bond acceptors (Lipinski definition) is 6. The number of benzene rings is 3. The zero-order chi connectivity index (χ0) is 25.5. The van der Waals surface area contributed by atoms with Gasteiger partial charge in [0.2, 0.25) is 5.90 Å². The van der Waals surface area contributed by atoms with Crippen LogP contribution in [0.5, 0.6) is 5.75 Å². The zero-order valence-corrected chi connectivity index (χ0v) is 20.8. The fourth-order valence-corrected chi connectivity index (χ4v) is 4.52. The van der Waals surface area contributed by atoms with Gasteiger partial charge in [-0.15, -0.1) is 0 Å². The lowest BCUT2D eigenvalue weighted by Gasteiger charge is -2.30. The normalized spacial score (nSPS) is 20.7. The Hall–Kier alpha value is -3.68. The minimum atomic E-state index is -1.20. The van der Waals surface area contributed by atoms with Crippen LogP contribution in [0, 0.1) is 5.92 Å². The minimum Gasteiger partial charge on any atom is -0.494 e. The van der Waals surface area contributed by atoms with Crippen LogP contribution in [-0.4, -0.2) is 42.2 Å². The summed E-state index contributed by atoms with van der Waals surface area (Å²) in [5.41, 5.74) is 7.54. The Balaban J connectivity index is 1.49. The van der Waals surface area contributed by atoms with Crippen molar-refractivity contribution < 1.29 is 19.4 Å². The smallest absolute Gasteiger partial charge is 0.266 e. The molecule has 0 bridgehead atoms. The van der Waals surface area contributed by atoms with E-state index in [1.165, 1.54) is 12.8 Å². The van der Waals surface area contributed by atoms with Gasteiger partial charge in [0.25, 0.3) is 5.91 Å². The first-order valence-corrected chi connectivity index (χ1v) is 12.9. The molecule has 0 aromatic heterocycles. The van der Waals surface area contributed by atoms with Crippen molar-refractivity contribution in [3.63, 3.8) is 0 Å². The van der Waals surface area contributed by atoms with Gasteiger partial charge in [-0.3, -0.25) is 10.2 Å². The molecule has 0 spiro atoms. The number of aliphatic hydroxyl groups is 1. The molecule has 1 fully saturated rings. The minimum absolute atomic E-state index is 0.0880. The molecule has 3 aromatic rings. The number of carbonyl (C=O) groups is 1. The highest BCUT2D eigenvalue weighted by Crippen LogP contribution is 2.42. The van der Waals surface area contributed by atoms with Crippen LogP contribution in [0.3, 0.4) is 0 Å². The maximum Gasteiger partial charge on any atom is 0.266 e. The van der Waals surface area contributed by atoms with E-state index < -0.39 is 11.6 Å². The molecule has 5 rings (SSSR count). The van der Waals surface area contributed by atoms with E-state index in [2.05, 4.69) is 10.9 Å². The number of carbonyl (C=O) groups excluding carboxylic acids is 1. The number of hydrogen-bond donors (Lipinski definition) is 3. The van der Waals surface area contributed by atoms with Gasteiger partial charge >= 0.3 is 0 Å². The first-order chi connectivity index (χ1) is 18.2. The Morgan fingerprint density at radius 2 is 1.70 bits per heavy atom. The van der Waals surface area contributed by atoms with Gasteiger partial charge in [-0.25, -0.2) is 10.4 Å². The molecule has 2 atom stereocenters. The third kappa shape index (κ3) is 6.01. The van der Waals surface area contributed by atoms with Crippen molar-refractivity contribution in [3.05, 3.63) is 102 Å². The van der Waals surface area contributed by atoms with E-state index in [1.54, 1.807) is 0 Å². The summed E-state index contributed by atoms with van der Waals surface area (Å²) in [6.45, 7) is 1.28. The first-order valence-electron chi connectivity index (χ1n) is 12.9. The maximum absolute atomic E-state index is 13.9. The van der Waals surface area contributed by atoms with Crippen LogP contribution >= 0.6 is 0 Å². The number of hydrazine groups is 1. The molecule has 0 unspecified atom stereocenters. The molecule has 1 saturated carbocycles. The predicted octanol–water partition coefficient (Wildman–Crippen LogP) is 3.98. The molecule has 3 N–H and O–H groups in total. The molecular weight excluding hydrogens is 466 g/mol. The van der Waals surface area contributed by atoms with Crippen LogP contribution in [0.4, 0.5) is 0 Å². The Bertz CT molecular complexity index is 1200. The number of nitrogens with one attached hydrogen (secondary N) is 2. The standard InChI is InChI=1S/C30H33N3O4/c34-18-7-19-36-26-16-14-25(15-17-26)28-32-30(20-22-8-3-1-4-9-22,29(35)33-31-21-23-12-13-23)27(37-28)24-10-5-2-6-11-24/h1-6,8-11,14-17,23,27,31,34H,7,12-13,18-21H2,(H,33,35)/t27-,30-/m0/s1. The second kappa shape index (κ2) is 11.6. The average molecular weight is 500 g/mol. The van der Waals surface area contributed by atoms with E-state index in [9.17, 15) is 4.79 Å². The van der Waals surface area contributed by atoms with E-state index in [0.29, 0.717) is 37.0 Å². The van der Waals surface area contributed by atoms with Gasteiger partial charge in [0.1, 0.15) is 5.75 Å². The molecule has 1 aliphatic heterocycles. The fourth-order valence-electron chi connectivity index (χ4n) is 4.52. The molecule has 0 saturated heterocycles. The van der Waals surface area contributed by atoms with Crippen molar-refractivity contribution in [3.8, 4) is 5.75 Å². The van der Waals surface area contributed by atoms with Crippen molar-refractivity contribution in [2.75, 3.05) is 19.8 Å². The molecule has 3 aromatic carbocycles. The van der Waals surface area contributed by atoms with Gasteiger partial charge < -0.3 is 14.6 Å². The van der Waals surface area contributed by atoms with Crippen LogP contribution in [0.2, 0.25) is 0 Å². The van der Waals surface area contributed by atoms with Gasteiger partial charge in [-0.2, -0.15) is 0 Å². The first kappa shape index (κ1) is 25.0. The molecule has 1 aliphatic carbocycles. The number of nitrogens with zero attached hydrogens (tertiary/aromatic N) is 1. The SMILES string of the molecule is O=C(NNCC1CC1)[C@@]1(Cc2ccccc2)N=C(c2ccc(OCCCO)cc2)O[C@H]1c1ccccc1. The van der Waals surface area contributed by atoms with Gasteiger partial charge in [0, 0.05) is 31.6 Å². The summed E-state index contributed by atoms with van der Waals surface area (Å²) in [6, 6.07) is 27.2. The van der Waals surface area contributed by atoms with Gasteiger partial charge in [0.05, 0.1) is 6.61 Å². The lowest BCUT2D eigenvalue weighted by atomic mass is 9.82.